The van der Waals surface area contributed by atoms with Crippen LogP contribution in [0.2, 0.25) is 5.02 Å². The van der Waals surface area contributed by atoms with E-state index in [1.807, 2.05) is 49.4 Å². The standard InChI is InChI=1S/C21H21ClN4O2/c1-14-7-8-15(22)13-18(14)25-9-11-26(12-10-25)21(28)19-20(27)24(2)17-6-4-3-5-16(17)23-19/h3-8,13H,9-12H2,1-2H3. The molecule has 1 amide bonds. The Hall–Kier alpha value is -2.86. The van der Waals surface area contributed by atoms with Crippen molar-refractivity contribution in [1.82, 2.24) is 14.5 Å². The lowest BCUT2D eigenvalue weighted by atomic mass is 10.1. The molecule has 4 rings (SSSR count). The summed E-state index contributed by atoms with van der Waals surface area (Å²) in [7, 11) is 1.67. The maximum absolute atomic E-state index is 13.0. The average molecular weight is 397 g/mol. The zero-order chi connectivity index (χ0) is 19.8. The predicted molar refractivity (Wildman–Crippen MR) is 111 cm³/mol. The quantitative estimate of drug-likeness (QED) is 0.668. The number of aromatic nitrogens is 2. The summed E-state index contributed by atoms with van der Waals surface area (Å²) in [5.41, 5.74) is 3.20. The third kappa shape index (κ3) is 3.24. The molecule has 0 radical (unpaired) electrons. The van der Waals surface area contributed by atoms with Gasteiger partial charge in [-0.3, -0.25) is 9.59 Å². The van der Waals surface area contributed by atoms with Gasteiger partial charge in [-0.15, -0.1) is 0 Å². The zero-order valence-corrected chi connectivity index (χ0v) is 16.6. The van der Waals surface area contributed by atoms with Crippen LogP contribution in [0.15, 0.2) is 47.3 Å². The first-order valence-electron chi connectivity index (χ1n) is 9.22. The minimum absolute atomic E-state index is 0.0198. The number of amides is 1. The second-order valence-electron chi connectivity index (χ2n) is 7.02. The number of rotatable bonds is 2. The van der Waals surface area contributed by atoms with Crippen LogP contribution < -0.4 is 10.5 Å². The molecule has 144 valence electrons. The van der Waals surface area contributed by atoms with Crippen LogP contribution in [0, 0.1) is 6.92 Å². The minimum atomic E-state index is -0.364. The van der Waals surface area contributed by atoms with Crippen molar-refractivity contribution in [2.24, 2.45) is 7.05 Å². The monoisotopic (exact) mass is 396 g/mol. The van der Waals surface area contributed by atoms with E-state index in [1.54, 1.807) is 11.9 Å². The van der Waals surface area contributed by atoms with E-state index >= 15 is 0 Å². The molecular weight excluding hydrogens is 376 g/mol. The molecule has 2 heterocycles. The van der Waals surface area contributed by atoms with Crippen LogP contribution in [0.25, 0.3) is 11.0 Å². The van der Waals surface area contributed by atoms with Crippen molar-refractivity contribution in [2.75, 3.05) is 31.1 Å². The summed E-state index contributed by atoms with van der Waals surface area (Å²) >= 11 is 6.14. The molecule has 0 N–H and O–H groups in total. The first kappa shape index (κ1) is 18.5. The van der Waals surface area contributed by atoms with E-state index in [4.69, 9.17) is 11.6 Å². The Kier molecular flexibility index (Phi) is 4.81. The van der Waals surface area contributed by atoms with Gasteiger partial charge in [0.25, 0.3) is 11.5 Å². The van der Waals surface area contributed by atoms with Crippen molar-refractivity contribution in [1.29, 1.82) is 0 Å². The second-order valence-corrected chi connectivity index (χ2v) is 7.46. The summed E-state index contributed by atoms with van der Waals surface area (Å²) in [5.74, 6) is -0.311. The number of piperazine rings is 1. The molecule has 0 saturated carbocycles. The van der Waals surface area contributed by atoms with Gasteiger partial charge in [-0.1, -0.05) is 29.8 Å². The largest absolute Gasteiger partial charge is 0.368 e. The summed E-state index contributed by atoms with van der Waals surface area (Å²) in [6.45, 7) is 4.47. The summed E-state index contributed by atoms with van der Waals surface area (Å²) in [4.78, 5) is 33.9. The number of hydrogen-bond donors (Lipinski definition) is 0. The van der Waals surface area contributed by atoms with E-state index in [1.165, 1.54) is 4.57 Å². The normalized spacial score (nSPS) is 14.5. The van der Waals surface area contributed by atoms with Gasteiger partial charge in [0.05, 0.1) is 11.0 Å². The molecule has 1 aromatic heterocycles. The van der Waals surface area contributed by atoms with Gasteiger partial charge in [-0.25, -0.2) is 4.98 Å². The lowest BCUT2D eigenvalue weighted by molar-refractivity contribution is 0.0738. The molecule has 1 aliphatic rings. The number of halogens is 1. The Bertz CT molecular complexity index is 1120. The highest BCUT2D eigenvalue weighted by Gasteiger charge is 2.26. The lowest BCUT2D eigenvalue weighted by Crippen LogP contribution is -2.50. The molecule has 2 aromatic carbocycles. The number of benzene rings is 2. The van der Waals surface area contributed by atoms with E-state index in [-0.39, 0.29) is 17.2 Å². The van der Waals surface area contributed by atoms with Crippen molar-refractivity contribution < 1.29 is 4.79 Å². The highest BCUT2D eigenvalue weighted by Crippen LogP contribution is 2.25. The van der Waals surface area contributed by atoms with E-state index in [9.17, 15) is 9.59 Å². The van der Waals surface area contributed by atoms with Crippen molar-refractivity contribution in [2.45, 2.75) is 6.92 Å². The molecule has 1 fully saturated rings. The van der Waals surface area contributed by atoms with Crippen molar-refractivity contribution in [3.63, 3.8) is 0 Å². The van der Waals surface area contributed by atoms with Crippen LogP contribution in [0.3, 0.4) is 0 Å². The fourth-order valence-corrected chi connectivity index (χ4v) is 3.81. The van der Waals surface area contributed by atoms with Crippen molar-refractivity contribution >= 4 is 34.2 Å². The topological polar surface area (TPSA) is 58.4 Å². The Labute approximate surface area is 168 Å². The molecule has 1 saturated heterocycles. The smallest absolute Gasteiger partial charge is 0.282 e. The van der Waals surface area contributed by atoms with Crippen LogP contribution in [0.4, 0.5) is 5.69 Å². The summed E-state index contributed by atoms with van der Waals surface area (Å²) < 4.78 is 1.49. The lowest BCUT2D eigenvalue weighted by Gasteiger charge is -2.36. The number of carbonyl (C=O) groups is 1. The van der Waals surface area contributed by atoms with E-state index in [0.717, 1.165) is 11.3 Å². The van der Waals surface area contributed by atoms with Gasteiger partial charge in [0.2, 0.25) is 0 Å². The number of carbonyl (C=O) groups excluding carboxylic acids is 1. The molecule has 3 aromatic rings. The molecule has 0 unspecified atom stereocenters. The SMILES string of the molecule is Cc1ccc(Cl)cc1N1CCN(C(=O)c2nc3ccccc3n(C)c2=O)CC1. The first-order valence-corrected chi connectivity index (χ1v) is 9.59. The van der Waals surface area contributed by atoms with Crippen molar-refractivity contribution in [3.8, 4) is 0 Å². The summed E-state index contributed by atoms with van der Waals surface area (Å²) in [6, 6.07) is 13.2. The molecule has 7 heteroatoms. The molecule has 0 atom stereocenters. The van der Waals surface area contributed by atoms with Gasteiger partial charge in [0.1, 0.15) is 0 Å². The van der Waals surface area contributed by atoms with Crippen LogP contribution in [-0.2, 0) is 7.05 Å². The molecule has 0 spiro atoms. The van der Waals surface area contributed by atoms with E-state index in [2.05, 4.69) is 9.88 Å². The number of aryl methyl sites for hydroxylation is 2. The van der Waals surface area contributed by atoms with Gasteiger partial charge in [-0.05, 0) is 36.8 Å². The fraction of sp³-hybridized carbons (Fsp3) is 0.286. The Morgan fingerprint density at radius 1 is 1.07 bits per heavy atom. The molecule has 0 bridgehead atoms. The van der Waals surface area contributed by atoms with Gasteiger partial charge in [0, 0.05) is 43.9 Å². The van der Waals surface area contributed by atoms with Gasteiger partial charge >= 0.3 is 0 Å². The Morgan fingerprint density at radius 2 is 1.79 bits per heavy atom. The summed E-state index contributed by atoms with van der Waals surface area (Å²) in [6.07, 6.45) is 0. The summed E-state index contributed by atoms with van der Waals surface area (Å²) in [5, 5.41) is 0.697. The number of fused-ring (bicyclic) bond motifs is 1. The number of anilines is 1. The highest BCUT2D eigenvalue weighted by molar-refractivity contribution is 6.30. The molecule has 0 aliphatic carbocycles. The van der Waals surface area contributed by atoms with E-state index in [0.29, 0.717) is 42.2 Å². The highest BCUT2D eigenvalue weighted by atomic mass is 35.5. The zero-order valence-electron chi connectivity index (χ0n) is 15.9. The van der Waals surface area contributed by atoms with Crippen LogP contribution in [0.5, 0.6) is 0 Å². The van der Waals surface area contributed by atoms with Gasteiger partial charge < -0.3 is 14.4 Å². The molecule has 6 nitrogen and oxygen atoms in total. The molecule has 28 heavy (non-hydrogen) atoms. The van der Waals surface area contributed by atoms with Crippen molar-refractivity contribution in [3.05, 3.63) is 69.1 Å². The first-order chi connectivity index (χ1) is 13.5. The number of para-hydroxylation sites is 2. The third-order valence-corrected chi connectivity index (χ3v) is 5.50. The number of hydrogen-bond acceptors (Lipinski definition) is 4. The van der Waals surface area contributed by atoms with Crippen LogP contribution >= 0.6 is 11.6 Å². The van der Waals surface area contributed by atoms with Gasteiger partial charge in [0.15, 0.2) is 5.69 Å². The number of nitrogens with zero attached hydrogens (tertiary/aromatic N) is 4. The van der Waals surface area contributed by atoms with E-state index < -0.39 is 0 Å². The molecular formula is C21H21ClN4O2. The predicted octanol–water partition coefficient (Wildman–Crippen LogP) is 2.86. The minimum Gasteiger partial charge on any atom is -0.368 e. The maximum atomic E-state index is 13.0. The Balaban J connectivity index is 1.56. The van der Waals surface area contributed by atoms with Crippen LogP contribution in [0.1, 0.15) is 16.1 Å². The fourth-order valence-electron chi connectivity index (χ4n) is 3.64. The average Bonchev–Trinajstić information content (AvgIpc) is 2.72. The molecule has 1 aliphatic heterocycles. The maximum Gasteiger partial charge on any atom is 0.282 e. The Morgan fingerprint density at radius 3 is 2.54 bits per heavy atom. The third-order valence-electron chi connectivity index (χ3n) is 5.26. The second kappa shape index (κ2) is 7.28. The van der Waals surface area contributed by atoms with Gasteiger partial charge in [-0.2, -0.15) is 0 Å². The van der Waals surface area contributed by atoms with Crippen LogP contribution in [-0.4, -0.2) is 46.5 Å².